The Morgan fingerprint density at radius 3 is 2.35 bits per heavy atom. The number of nitrogens with two attached hydrogens (primary N) is 1. The number of aryl methyl sites for hydroxylation is 1. The molecule has 0 saturated carbocycles. The SMILES string of the molecule is CCn1c2ccccc2c2cc(C(CC(N)=O)N3CCC(C#N)(c4ccccc4)CC3)ccc21. The summed E-state index contributed by atoms with van der Waals surface area (Å²) < 4.78 is 2.33. The van der Waals surface area contributed by atoms with Gasteiger partial charge in [-0.1, -0.05) is 54.6 Å². The molecule has 1 unspecified atom stereocenters. The van der Waals surface area contributed by atoms with Crippen molar-refractivity contribution in [1.82, 2.24) is 9.47 Å². The zero-order valence-electron chi connectivity index (χ0n) is 19.6. The number of benzene rings is 3. The van der Waals surface area contributed by atoms with Crippen molar-refractivity contribution in [3.8, 4) is 6.07 Å². The van der Waals surface area contributed by atoms with Gasteiger partial charge < -0.3 is 10.3 Å². The summed E-state index contributed by atoms with van der Waals surface area (Å²) in [5.41, 5.74) is 9.85. The number of piperidine rings is 1. The second-order valence-corrected chi connectivity index (χ2v) is 9.32. The van der Waals surface area contributed by atoms with Gasteiger partial charge in [0.25, 0.3) is 0 Å². The van der Waals surface area contributed by atoms with E-state index in [2.05, 4.69) is 77.1 Å². The van der Waals surface area contributed by atoms with Crippen LogP contribution < -0.4 is 5.73 Å². The van der Waals surface area contributed by atoms with Crippen molar-refractivity contribution in [2.45, 2.75) is 44.2 Å². The smallest absolute Gasteiger partial charge is 0.219 e. The molecule has 0 spiro atoms. The Bertz CT molecular complexity index is 1370. The van der Waals surface area contributed by atoms with E-state index in [1.54, 1.807) is 0 Å². The normalized spacial score (nSPS) is 16.9. The molecular weight excluding hydrogens is 420 g/mol. The monoisotopic (exact) mass is 450 g/mol. The van der Waals surface area contributed by atoms with Gasteiger partial charge in [0.15, 0.2) is 0 Å². The average Bonchev–Trinajstić information content (AvgIpc) is 3.21. The number of aromatic nitrogens is 1. The van der Waals surface area contributed by atoms with Crippen LogP contribution in [0.2, 0.25) is 0 Å². The second kappa shape index (κ2) is 8.96. The van der Waals surface area contributed by atoms with Crippen LogP contribution in [0.25, 0.3) is 21.8 Å². The van der Waals surface area contributed by atoms with Gasteiger partial charge >= 0.3 is 0 Å². The van der Waals surface area contributed by atoms with Crippen molar-refractivity contribution in [3.05, 3.63) is 83.9 Å². The molecule has 4 aromatic rings. The summed E-state index contributed by atoms with van der Waals surface area (Å²) >= 11 is 0. The largest absolute Gasteiger partial charge is 0.370 e. The molecule has 0 aliphatic carbocycles. The number of carbonyl (C=O) groups is 1. The molecule has 5 heteroatoms. The number of para-hydroxylation sites is 1. The molecular formula is C29H30N4O. The van der Waals surface area contributed by atoms with Gasteiger partial charge in [0.05, 0.1) is 11.5 Å². The number of rotatable bonds is 6. The summed E-state index contributed by atoms with van der Waals surface area (Å²) in [5, 5.41) is 12.5. The number of likely N-dealkylation sites (tertiary alicyclic amines) is 1. The van der Waals surface area contributed by atoms with E-state index in [9.17, 15) is 10.1 Å². The van der Waals surface area contributed by atoms with Gasteiger partial charge in [-0.2, -0.15) is 5.26 Å². The molecule has 3 aromatic carbocycles. The Hall–Kier alpha value is -3.62. The number of primary amides is 1. The van der Waals surface area contributed by atoms with Gasteiger partial charge in [-0.05, 0) is 49.1 Å². The maximum atomic E-state index is 12.1. The lowest BCUT2D eigenvalue weighted by atomic mass is 9.73. The summed E-state index contributed by atoms with van der Waals surface area (Å²) in [4.78, 5) is 14.4. The van der Waals surface area contributed by atoms with E-state index in [1.165, 1.54) is 21.8 Å². The highest BCUT2D eigenvalue weighted by Crippen LogP contribution is 2.39. The lowest BCUT2D eigenvalue weighted by molar-refractivity contribution is -0.119. The van der Waals surface area contributed by atoms with Crippen molar-refractivity contribution in [3.63, 3.8) is 0 Å². The van der Waals surface area contributed by atoms with Crippen LogP contribution in [0.15, 0.2) is 72.8 Å². The summed E-state index contributed by atoms with van der Waals surface area (Å²) in [6.07, 6.45) is 1.74. The number of nitriles is 1. The molecule has 0 bridgehead atoms. The number of fused-ring (bicyclic) bond motifs is 3. The van der Waals surface area contributed by atoms with Gasteiger partial charge in [-0.25, -0.2) is 0 Å². The van der Waals surface area contributed by atoms with Gasteiger partial charge in [-0.3, -0.25) is 9.69 Å². The fraction of sp³-hybridized carbons (Fsp3) is 0.310. The Labute approximate surface area is 200 Å². The van der Waals surface area contributed by atoms with Crippen molar-refractivity contribution in [2.75, 3.05) is 13.1 Å². The van der Waals surface area contributed by atoms with Crippen LogP contribution in [0, 0.1) is 11.3 Å². The Morgan fingerprint density at radius 2 is 1.68 bits per heavy atom. The molecule has 1 fully saturated rings. The minimum absolute atomic E-state index is 0.0990. The van der Waals surface area contributed by atoms with E-state index >= 15 is 0 Å². The predicted octanol–water partition coefficient (Wildman–Crippen LogP) is 5.29. The van der Waals surface area contributed by atoms with E-state index in [0.29, 0.717) is 0 Å². The first-order valence-electron chi connectivity index (χ1n) is 12.1. The molecule has 172 valence electrons. The Kier molecular flexibility index (Phi) is 5.85. The summed E-state index contributed by atoms with van der Waals surface area (Å²) in [6, 6.07) is 27.6. The second-order valence-electron chi connectivity index (χ2n) is 9.32. The van der Waals surface area contributed by atoms with Crippen LogP contribution in [-0.4, -0.2) is 28.5 Å². The van der Waals surface area contributed by atoms with E-state index in [-0.39, 0.29) is 18.4 Å². The number of nitrogens with zero attached hydrogens (tertiary/aromatic N) is 3. The van der Waals surface area contributed by atoms with Gasteiger partial charge in [0, 0.05) is 53.9 Å². The predicted molar refractivity (Wildman–Crippen MR) is 136 cm³/mol. The van der Waals surface area contributed by atoms with E-state index in [0.717, 1.165) is 43.6 Å². The highest BCUT2D eigenvalue weighted by atomic mass is 16.1. The molecule has 1 amide bonds. The fourth-order valence-corrected chi connectivity index (χ4v) is 5.71. The van der Waals surface area contributed by atoms with Crippen molar-refractivity contribution >= 4 is 27.7 Å². The third-order valence-electron chi connectivity index (χ3n) is 7.52. The quantitative estimate of drug-likeness (QED) is 0.434. The van der Waals surface area contributed by atoms with Crippen LogP contribution in [0.1, 0.15) is 43.4 Å². The van der Waals surface area contributed by atoms with Crippen LogP contribution in [0.3, 0.4) is 0 Å². The molecule has 1 atom stereocenters. The average molecular weight is 451 g/mol. The summed E-state index contributed by atoms with van der Waals surface area (Å²) in [7, 11) is 0. The lowest BCUT2D eigenvalue weighted by Crippen LogP contribution is -2.44. The highest BCUT2D eigenvalue weighted by Gasteiger charge is 2.38. The molecule has 2 heterocycles. The zero-order valence-corrected chi connectivity index (χ0v) is 19.6. The standard InChI is InChI=1S/C29H30N4O/c1-2-33-25-11-7-6-10-23(25)24-18-21(12-13-26(24)33)27(19-28(31)34)32-16-14-29(20-30,15-17-32)22-8-4-3-5-9-22/h3-13,18,27H,2,14-17,19H2,1H3,(H2,31,34). The number of amides is 1. The minimum atomic E-state index is -0.479. The maximum absolute atomic E-state index is 12.1. The zero-order chi connectivity index (χ0) is 23.7. The maximum Gasteiger partial charge on any atom is 0.219 e. The van der Waals surface area contributed by atoms with Gasteiger partial charge in [0.1, 0.15) is 0 Å². The van der Waals surface area contributed by atoms with E-state index in [1.807, 2.05) is 18.2 Å². The minimum Gasteiger partial charge on any atom is -0.370 e. The fourth-order valence-electron chi connectivity index (χ4n) is 5.71. The molecule has 1 aliphatic heterocycles. The third kappa shape index (κ3) is 3.74. The first-order chi connectivity index (χ1) is 16.6. The molecule has 0 radical (unpaired) electrons. The number of hydrogen-bond donors (Lipinski definition) is 1. The first kappa shape index (κ1) is 22.2. The topological polar surface area (TPSA) is 75.0 Å². The molecule has 2 N–H and O–H groups in total. The lowest BCUT2D eigenvalue weighted by Gasteiger charge is -2.41. The number of hydrogen-bond acceptors (Lipinski definition) is 3. The van der Waals surface area contributed by atoms with Crippen molar-refractivity contribution in [2.24, 2.45) is 5.73 Å². The third-order valence-corrected chi connectivity index (χ3v) is 7.52. The highest BCUT2D eigenvalue weighted by molar-refractivity contribution is 6.08. The van der Waals surface area contributed by atoms with Crippen molar-refractivity contribution in [1.29, 1.82) is 5.26 Å². The molecule has 1 aliphatic rings. The molecule has 34 heavy (non-hydrogen) atoms. The molecule has 5 rings (SSSR count). The van der Waals surface area contributed by atoms with Gasteiger partial charge in [-0.15, -0.1) is 0 Å². The molecule has 5 nitrogen and oxygen atoms in total. The summed E-state index contributed by atoms with van der Waals surface area (Å²) in [5.74, 6) is -0.304. The van der Waals surface area contributed by atoms with E-state index < -0.39 is 5.41 Å². The first-order valence-corrected chi connectivity index (χ1v) is 12.1. The van der Waals surface area contributed by atoms with Crippen molar-refractivity contribution < 1.29 is 4.79 Å². The molecule has 1 saturated heterocycles. The van der Waals surface area contributed by atoms with Crippen LogP contribution in [-0.2, 0) is 16.8 Å². The Balaban J connectivity index is 1.50. The van der Waals surface area contributed by atoms with Crippen LogP contribution >= 0.6 is 0 Å². The number of carbonyl (C=O) groups excluding carboxylic acids is 1. The van der Waals surface area contributed by atoms with Crippen LogP contribution in [0.5, 0.6) is 0 Å². The van der Waals surface area contributed by atoms with E-state index in [4.69, 9.17) is 5.73 Å². The molecule has 1 aromatic heterocycles. The Morgan fingerprint density at radius 1 is 1.00 bits per heavy atom. The summed E-state index contributed by atoms with van der Waals surface area (Å²) in [6.45, 7) is 4.55. The van der Waals surface area contributed by atoms with Crippen LogP contribution in [0.4, 0.5) is 0 Å². The van der Waals surface area contributed by atoms with Gasteiger partial charge in [0.2, 0.25) is 5.91 Å².